The minimum absolute atomic E-state index is 0.0373. The molecule has 2 saturated heterocycles. The maximum Gasteiger partial charge on any atom is 0.303 e. The van der Waals surface area contributed by atoms with E-state index in [9.17, 15) is 29.4 Å². The first-order valence-corrected chi connectivity index (χ1v) is 17.6. The Labute approximate surface area is 308 Å². The van der Waals surface area contributed by atoms with E-state index in [1.165, 1.54) is 32.4 Å². The number of benzene rings is 3. The summed E-state index contributed by atoms with van der Waals surface area (Å²) < 4.78 is 11.2. The number of nitrogens with one attached hydrogen (secondary N) is 1. The van der Waals surface area contributed by atoms with E-state index in [0.717, 1.165) is 9.91 Å². The Morgan fingerprint density at radius 1 is 0.942 bits per heavy atom. The van der Waals surface area contributed by atoms with Crippen LogP contribution >= 0.6 is 23.2 Å². The van der Waals surface area contributed by atoms with Crippen LogP contribution in [0.15, 0.2) is 72.3 Å². The van der Waals surface area contributed by atoms with Crippen molar-refractivity contribution in [3.63, 3.8) is 0 Å². The summed E-state index contributed by atoms with van der Waals surface area (Å²) in [4.78, 5) is 70.4. The number of hydrazine groups is 1. The molecule has 2 aliphatic heterocycles. The highest BCUT2D eigenvalue weighted by Crippen LogP contribution is 2.65. The number of rotatable bonds is 10. The number of carbonyl (C=O) groups excluding carboxylic acids is 4. The average Bonchev–Trinajstić information content (AvgIpc) is 3.49. The molecular formula is C38H35Cl2N3O9. The third kappa shape index (κ3) is 5.47. The topological polar surface area (TPSA) is 163 Å². The number of halogens is 2. The van der Waals surface area contributed by atoms with Crippen molar-refractivity contribution >= 4 is 58.5 Å². The van der Waals surface area contributed by atoms with Crippen LogP contribution in [0.2, 0.25) is 10.0 Å². The monoisotopic (exact) mass is 747 g/mol. The Morgan fingerprint density at radius 2 is 1.69 bits per heavy atom. The molecule has 3 N–H and O–H groups in total. The molecule has 14 heteroatoms. The lowest BCUT2D eigenvalue weighted by Gasteiger charge is -2.50. The molecular weight excluding hydrogens is 713 g/mol. The molecule has 0 unspecified atom stereocenters. The molecule has 2 aliphatic carbocycles. The zero-order valence-corrected chi connectivity index (χ0v) is 29.7. The number of amides is 4. The number of methoxy groups -OCH3 is 2. The Bertz CT molecular complexity index is 2040. The van der Waals surface area contributed by atoms with Crippen molar-refractivity contribution in [2.45, 2.75) is 37.0 Å². The van der Waals surface area contributed by atoms with Crippen LogP contribution < -0.4 is 14.9 Å². The number of phenols is 1. The molecule has 3 aromatic carbocycles. The van der Waals surface area contributed by atoms with Gasteiger partial charge in [-0.3, -0.25) is 34.3 Å². The second kappa shape index (κ2) is 13.5. The van der Waals surface area contributed by atoms with Crippen LogP contribution in [0.5, 0.6) is 17.2 Å². The Hall–Kier alpha value is -5.07. The van der Waals surface area contributed by atoms with E-state index >= 15 is 4.79 Å². The molecule has 7 rings (SSSR count). The van der Waals surface area contributed by atoms with E-state index in [1.54, 1.807) is 42.5 Å². The van der Waals surface area contributed by atoms with Gasteiger partial charge in [-0.1, -0.05) is 53.1 Å². The molecule has 0 radical (unpaired) electrons. The summed E-state index contributed by atoms with van der Waals surface area (Å²) in [6.07, 6.45) is 2.05. The van der Waals surface area contributed by atoms with Crippen LogP contribution in [0.4, 0.5) is 5.69 Å². The number of carboxylic acids is 1. The summed E-state index contributed by atoms with van der Waals surface area (Å²) >= 11 is 12.7. The molecule has 0 spiro atoms. The zero-order chi connectivity index (χ0) is 37.1. The van der Waals surface area contributed by atoms with Crippen LogP contribution in [-0.4, -0.2) is 70.5 Å². The Balaban J connectivity index is 1.43. The zero-order valence-electron chi connectivity index (χ0n) is 28.2. The fraction of sp³-hybridized carbons (Fsp3) is 0.342. The van der Waals surface area contributed by atoms with Gasteiger partial charge in [-0.15, -0.1) is 0 Å². The third-order valence-corrected chi connectivity index (χ3v) is 11.5. The lowest BCUT2D eigenvalue weighted by Crippen LogP contribution is -2.53. The van der Waals surface area contributed by atoms with Gasteiger partial charge in [0.1, 0.15) is 17.2 Å². The number of ether oxygens (including phenoxy) is 2. The van der Waals surface area contributed by atoms with Gasteiger partial charge in [0.05, 0.1) is 48.1 Å². The minimum atomic E-state index is -1.61. The number of hydrogen-bond donors (Lipinski definition) is 3. The van der Waals surface area contributed by atoms with E-state index in [2.05, 4.69) is 5.43 Å². The van der Waals surface area contributed by atoms with Gasteiger partial charge in [-0.2, -0.15) is 5.01 Å². The average molecular weight is 749 g/mol. The molecule has 4 aliphatic rings. The van der Waals surface area contributed by atoms with Crippen molar-refractivity contribution < 1.29 is 43.7 Å². The summed E-state index contributed by atoms with van der Waals surface area (Å²) in [7, 11) is 2.96. The fourth-order valence-electron chi connectivity index (χ4n) is 8.80. The van der Waals surface area contributed by atoms with E-state index < -0.39 is 58.7 Å². The first kappa shape index (κ1) is 35.3. The Kier molecular flexibility index (Phi) is 9.16. The highest BCUT2D eigenvalue weighted by molar-refractivity contribution is 6.36. The van der Waals surface area contributed by atoms with E-state index in [-0.39, 0.29) is 60.3 Å². The van der Waals surface area contributed by atoms with Crippen molar-refractivity contribution in [3.05, 3.63) is 93.5 Å². The van der Waals surface area contributed by atoms with Crippen molar-refractivity contribution in [1.29, 1.82) is 0 Å². The molecule has 4 amide bonds. The van der Waals surface area contributed by atoms with Crippen LogP contribution in [0.25, 0.3) is 0 Å². The minimum Gasteiger partial charge on any atom is -0.508 e. The number of aromatic hydroxyl groups is 1. The lowest BCUT2D eigenvalue weighted by molar-refractivity contribution is -0.142. The smallest absolute Gasteiger partial charge is 0.303 e. The lowest BCUT2D eigenvalue weighted by atomic mass is 9.49. The quantitative estimate of drug-likeness (QED) is 0.177. The first-order valence-electron chi connectivity index (χ1n) is 16.8. The number of anilines is 1. The number of nitrogens with zero attached hydrogens (tertiary/aromatic N) is 2. The number of fused-ring (bicyclic) bond motifs is 4. The predicted octanol–water partition coefficient (Wildman–Crippen LogP) is 5.57. The number of imide groups is 2. The maximum atomic E-state index is 15.4. The Morgan fingerprint density at radius 3 is 2.37 bits per heavy atom. The molecule has 6 atom stereocenters. The van der Waals surface area contributed by atoms with Crippen LogP contribution in [0.1, 0.15) is 42.7 Å². The van der Waals surface area contributed by atoms with Gasteiger partial charge in [-0.25, -0.2) is 0 Å². The van der Waals surface area contributed by atoms with Crippen LogP contribution in [0, 0.1) is 23.7 Å². The number of carboxylic acid groups (broad SMARTS) is 1. The summed E-state index contributed by atoms with van der Waals surface area (Å²) in [6.45, 7) is -0.0373. The second-order valence-corrected chi connectivity index (χ2v) is 14.3. The molecule has 0 aromatic heterocycles. The van der Waals surface area contributed by atoms with Crippen LogP contribution in [-0.2, 0) is 29.4 Å². The number of phenolic OH excluding ortho intramolecular Hbond substituents is 1. The summed E-state index contributed by atoms with van der Waals surface area (Å²) in [6, 6.07) is 16.1. The third-order valence-electron chi connectivity index (χ3n) is 11.0. The van der Waals surface area contributed by atoms with Gasteiger partial charge in [0, 0.05) is 35.5 Å². The molecule has 270 valence electrons. The number of carbonyl (C=O) groups is 5. The van der Waals surface area contributed by atoms with Crippen molar-refractivity contribution in [2.24, 2.45) is 23.7 Å². The predicted molar refractivity (Wildman–Crippen MR) is 189 cm³/mol. The maximum absolute atomic E-state index is 15.4. The van der Waals surface area contributed by atoms with E-state index in [1.807, 2.05) is 6.08 Å². The molecule has 1 saturated carbocycles. The molecule has 12 nitrogen and oxygen atoms in total. The van der Waals surface area contributed by atoms with E-state index in [4.69, 9.17) is 32.7 Å². The molecule has 52 heavy (non-hydrogen) atoms. The van der Waals surface area contributed by atoms with Crippen molar-refractivity contribution in [3.8, 4) is 17.2 Å². The van der Waals surface area contributed by atoms with Gasteiger partial charge in [0.15, 0.2) is 0 Å². The largest absolute Gasteiger partial charge is 0.508 e. The fourth-order valence-corrected chi connectivity index (χ4v) is 9.25. The standard InChI is InChI=1S/C38H35Cl2N3O9/c1-51-22-9-5-19(6-10-22)38-27(35(48)43(37(38)50)41-29-14-7-20(39)16-28(29)40)18-26-23(33(38)24-11-8-21(44)17-30(24)52-2)12-13-25-32(26)36(49)42(34(25)47)15-3-4-31(45)46/h5-12,14,16-17,25-27,32-33,41,44H,3-4,13,15,18H2,1-2H3,(H,45,46)/t25-,26+,27-,32-,33+,38+/m0/s1. The summed E-state index contributed by atoms with van der Waals surface area (Å²) in [5, 5.41) is 21.2. The molecule has 3 fully saturated rings. The summed E-state index contributed by atoms with van der Waals surface area (Å²) in [5.41, 5.74) is 3.31. The summed E-state index contributed by atoms with van der Waals surface area (Å²) in [5.74, 6) is -6.43. The molecule has 2 heterocycles. The normalized spacial score (nSPS) is 26.5. The first-order chi connectivity index (χ1) is 24.9. The van der Waals surface area contributed by atoms with Gasteiger partial charge >= 0.3 is 5.97 Å². The molecule has 0 bridgehead atoms. The van der Waals surface area contributed by atoms with Crippen molar-refractivity contribution in [1.82, 2.24) is 9.91 Å². The van der Waals surface area contributed by atoms with Gasteiger partial charge in [-0.05, 0) is 67.1 Å². The van der Waals surface area contributed by atoms with Gasteiger partial charge in [0.25, 0.3) is 11.8 Å². The number of hydrogen-bond acceptors (Lipinski definition) is 9. The van der Waals surface area contributed by atoms with E-state index in [0.29, 0.717) is 27.5 Å². The van der Waals surface area contributed by atoms with Crippen LogP contribution in [0.3, 0.4) is 0 Å². The highest BCUT2D eigenvalue weighted by atomic mass is 35.5. The second-order valence-electron chi connectivity index (χ2n) is 13.5. The van der Waals surface area contributed by atoms with Crippen molar-refractivity contribution in [2.75, 3.05) is 26.2 Å². The van der Waals surface area contributed by atoms with Gasteiger partial charge in [0.2, 0.25) is 11.8 Å². The molecule has 3 aromatic rings. The number of likely N-dealkylation sites (tertiary alicyclic amines) is 1. The highest BCUT2D eigenvalue weighted by Gasteiger charge is 2.70. The number of aliphatic carboxylic acids is 1. The number of allylic oxidation sites excluding steroid dienone is 2. The van der Waals surface area contributed by atoms with Gasteiger partial charge < -0.3 is 19.7 Å². The SMILES string of the molecule is COc1ccc([C@@]23C(=O)N(Nc4ccc(Cl)cc4Cl)C(=O)[C@@H]2C[C@@H]2C(=CC[C@@H]4C(=O)N(CCCC(=O)O)C(=O)[C@@H]42)[C@@H]3c2ccc(O)cc2OC)cc1.